The fraction of sp³-hybridized carbons (Fsp3) is 0.857. The zero-order valence-electron chi connectivity index (χ0n) is 8.20. The number of carbonyl (C=O) groups excluding carboxylic acids is 1. The zero-order chi connectivity index (χ0) is 10.1. The summed E-state index contributed by atoms with van der Waals surface area (Å²) in [5.74, 6) is -0.0679. The molecule has 6 nitrogen and oxygen atoms in total. The standard InChI is InChI=1S/C7H16N2O4/c1-9(11-2)7(10)5-4-6-8-13-12-3/h8H,4-6H2,1-3H3. The second kappa shape index (κ2) is 7.93. The van der Waals surface area contributed by atoms with E-state index in [2.05, 4.69) is 15.4 Å². The van der Waals surface area contributed by atoms with Crippen LogP contribution in [-0.4, -0.2) is 38.8 Å². The first-order valence-corrected chi connectivity index (χ1v) is 3.95. The Labute approximate surface area is 77.6 Å². The van der Waals surface area contributed by atoms with Crippen molar-refractivity contribution in [3.8, 4) is 0 Å². The Kier molecular flexibility index (Phi) is 7.51. The van der Waals surface area contributed by atoms with E-state index in [1.165, 1.54) is 19.3 Å². The van der Waals surface area contributed by atoms with Crippen molar-refractivity contribution in [2.45, 2.75) is 12.8 Å². The third-order valence-electron chi connectivity index (χ3n) is 1.44. The maximum atomic E-state index is 11.1. The van der Waals surface area contributed by atoms with E-state index in [1.54, 1.807) is 7.05 Å². The van der Waals surface area contributed by atoms with Crippen molar-refractivity contribution in [3.05, 3.63) is 0 Å². The van der Waals surface area contributed by atoms with Crippen LogP contribution in [0.2, 0.25) is 0 Å². The summed E-state index contributed by atoms with van der Waals surface area (Å²) < 4.78 is 0. The van der Waals surface area contributed by atoms with E-state index in [0.29, 0.717) is 19.4 Å². The molecule has 78 valence electrons. The fourth-order valence-corrected chi connectivity index (χ4v) is 0.672. The smallest absolute Gasteiger partial charge is 0.245 e. The van der Waals surface area contributed by atoms with Crippen LogP contribution in [0.3, 0.4) is 0 Å². The van der Waals surface area contributed by atoms with Crippen LogP contribution < -0.4 is 5.48 Å². The Hall–Kier alpha value is -0.690. The molecule has 0 aliphatic rings. The Morgan fingerprint density at radius 2 is 2.15 bits per heavy atom. The van der Waals surface area contributed by atoms with Gasteiger partial charge in [0.15, 0.2) is 0 Å². The lowest BCUT2D eigenvalue weighted by atomic mass is 10.3. The minimum atomic E-state index is -0.0679. The molecular weight excluding hydrogens is 176 g/mol. The van der Waals surface area contributed by atoms with Gasteiger partial charge in [0.1, 0.15) is 0 Å². The predicted octanol–water partition coefficient (Wildman–Crippen LogP) is -0.131. The molecule has 0 unspecified atom stereocenters. The van der Waals surface area contributed by atoms with Gasteiger partial charge in [-0.25, -0.2) is 9.95 Å². The number of hydrogen-bond donors (Lipinski definition) is 1. The molecule has 1 N–H and O–H groups in total. The summed E-state index contributed by atoms with van der Waals surface area (Å²) in [6.45, 7) is 0.553. The van der Waals surface area contributed by atoms with Gasteiger partial charge in [-0.3, -0.25) is 9.63 Å². The average Bonchev–Trinajstić information content (AvgIpc) is 2.16. The van der Waals surface area contributed by atoms with Crippen LogP contribution in [0.25, 0.3) is 0 Å². The minimum Gasteiger partial charge on any atom is -0.275 e. The van der Waals surface area contributed by atoms with Crippen molar-refractivity contribution < 1.29 is 19.5 Å². The Bertz CT molecular complexity index is 142. The predicted molar refractivity (Wildman–Crippen MR) is 45.1 cm³/mol. The largest absolute Gasteiger partial charge is 0.275 e. The number of hydroxylamine groups is 3. The monoisotopic (exact) mass is 192 g/mol. The molecule has 0 saturated carbocycles. The van der Waals surface area contributed by atoms with E-state index in [4.69, 9.17) is 4.84 Å². The third-order valence-corrected chi connectivity index (χ3v) is 1.44. The van der Waals surface area contributed by atoms with Crippen molar-refractivity contribution in [2.75, 3.05) is 27.8 Å². The summed E-state index contributed by atoms with van der Waals surface area (Å²) in [6.07, 6.45) is 1.07. The quantitative estimate of drug-likeness (QED) is 0.346. The van der Waals surface area contributed by atoms with Gasteiger partial charge in [-0.2, -0.15) is 5.48 Å². The van der Waals surface area contributed by atoms with Crippen LogP contribution in [0.4, 0.5) is 0 Å². The molecule has 0 atom stereocenters. The molecule has 1 amide bonds. The highest BCUT2D eigenvalue weighted by Crippen LogP contribution is 1.94. The van der Waals surface area contributed by atoms with Crippen LogP contribution in [0, 0.1) is 0 Å². The molecule has 0 aliphatic carbocycles. The molecule has 6 heteroatoms. The molecule has 0 bridgehead atoms. The van der Waals surface area contributed by atoms with Crippen LogP contribution in [0.1, 0.15) is 12.8 Å². The molecule has 0 aromatic carbocycles. The number of nitrogens with zero attached hydrogens (tertiary/aromatic N) is 1. The first-order valence-electron chi connectivity index (χ1n) is 3.95. The van der Waals surface area contributed by atoms with Gasteiger partial charge in [0, 0.05) is 20.0 Å². The maximum absolute atomic E-state index is 11.1. The molecule has 0 rings (SSSR count). The van der Waals surface area contributed by atoms with E-state index in [0.717, 1.165) is 0 Å². The van der Waals surface area contributed by atoms with Gasteiger partial charge in [-0.1, -0.05) is 0 Å². The van der Waals surface area contributed by atoms with Crippen LogP contribution in [-0.2, 0) is 19.5 Å². The summed E-state index contributed by atoms with van der Waals surface area (Å²) in [5, 5.41) is 1.19. The molecule has 0 fully saturated rings. The number of nitrogens with one attached hydrogen (secondary N) is 1. The maximum Gasteiger partial charge on any atom is 0.245 e. The topological polar surface area (TPSA) is 60.0 Å². The molecule has 0 aliphatic heterocycles. The summed E-state index contributed by atoms with van der Waals surface area (Å²) in [7, 11) is 4.42. The second-order valence-corrected chi connectivity index (χ2v) is 2.32. The Morgan fingerprint density at radius 3 is 2.69 bits per heavy atom. The molecule has 0 saturated heterocycles. The van der Waals surface area contributed by atoms with E-state index < -0.39 is 0 Å². The van der Waals surface area contributed by atoms with Crippen molar-refractivity contribution in [2.24, 2.45) is 0 Å². The number of carbonyl (C=O) groups is 1. The number of amides is 1. The second-order valence-electron chi connectivity index (χ2n) is 2.32. The molecule has 0 heterocycles. The van der Waals surface area contributed by atoms with Crippen LogP contribution in [0.5, 0.6) is 0 Å². The third kappa shape index (κ3) is 6.47. The van der Waals surface area contributed by atoms with Gasteiger partial charge in [0.2, 0.25) is 5.91 Å². The normalized spacial score (nSPS) is 10.1. The summed E-state index contributed by atoms with van der Waals surface area (Å²) >= 11 is 0. The zero-order valence-corrected chi connectivity index (χ0v) is 8.20. The summed E-state index contributed by atoms with van der Waals surface area (Å²) in [4.78, 5) is 24.5. The average molecular weight is 192 g/mol. The van der Waals surface area contributed by atoms with Gasteiger partial charge in [-0.05, 0) is 6.42 Å². The molecular formula is C7H16N2O4. The van der Waals surface area contributed by atoms with E-state index in [1.807, 2.05) is 0 Å². The fourth-order valence-electron chi connectivity index (χ4n) is 0.672. The van der Waals surface area contributed by atoms with E-state index >= 15 is 0 Å². The first-order chi connectivity index (χ1) is 6.22. The van der Waals surface area contributed by atoms with Gasteiger partial charge in [0.05, 0.1) is 14.2 Å². The lowest BCUT2D eigenvalue weighted by Gasteiger charge is -2.12. The van der Waals surface area contributed by atoms with Gasteiger partial charge < -0.3 is 0 Å². The number of hydrogen-bond acceptors (Lipinski definition) is 5. The summed E-state index contributed by atoms with van der Waals surface area (Å²) in [6, 6.07) is 0. The van der Waals surface area contributed by atoms with Gasteiger partial charge in [0.25, 0.3) is 0 Å². The van der Waals surface area contributed by atoms with Crippen molar-refractivity contribution in [3.63, 3.8) is 0 Å². The molecule has 0 aromatic heterocycles. The van der Waals surface area contributed by atoms with Gasteiger partial charge in [-0.15, -0.1) is 4.99 Å². The van der Waals surface area contributed by atoms with E-state index in [-0.39, 0.29) is 5.91 Å². The van der Waals surface area contributed by atoms with Gasteiger partial charge >= 0.3 is 0 Å². The van der Waals surface area contributed by atoms with Crippen molar-refractivity contribution in [1.29, 1.82) is 0 Å². The van der Waals surface area contributed by atoms with Crippen molar-refractivity contribution in [1.82, 2.24) is 10.5 Å². The molecule has 0 radical (unpaired) electrons. The SMILES string of the molecule is COONCCCC(=O)N(C)OC. The van der Waals surface area contributed by atoms with Crippen LogP contribution >= 0.6 is 0 Å². The molecule has 0 spiro atoms. The Balaban J connectivity index is 3.27. The highest BCUT2D eigenvalue weighted by Gasteiger charge is 2.06. The lowest BCUT2D eigenvalue weighted by Crippen LogP contribution is -2.26. The first kappa shape index (κ1) is 12.3. The number of rotatable bonds is 7. The Morgan fingerprint density at radius 1 is 1.46 bits per heavy atom. The minimum absolute atomic E-state index is 0.0679. The van der Waals surface area contributed by atoms with E-state index in [9.17, 15) is 4.79 Å². The lowest BCUT2D eigenvalue weighted by molar-refractivity contribution is -0.317. The highest BCUT2D eigenvalue weighted by molar-refractivity contribution is 5.74. The highest BCUT2D eigenvalue weighted by atomic mass is 17.3. The molecule has 0 aromatic rings. The molecule has 13 heavy (non-hydrogen) atoms. The van der Waals surface area contributed by atoms with Crippen molar-refractivity contribution >= 4 is 5.91 Å². The summed E-state index contributed by atoms with van der Waals surface area (Å²) in [5.41, 5.74) is 2.51. The van der Waals surface area contributed by atoms with Crippen LogP contribution in [0.15, 0.2) is 0 Å².